The topological polar surface area (TPSA) is 84.0 Å². The lowest BCUT2D eigenvalue weighted by Gasteiger charge is -2.10. The maximum Gasteiger partial charge on any atom is 0.226 e. The van der Waals surface area contributed by atoms with E-state index in [2.05, 4.69) is 39.7 Å². The number of aromatic nitrogens is 2. The van der Waals surface area contributed by atoms with Crippen molar-refractivity contribution in [3.8, 4) is 11.1 Å². The molecule has 2 aromatic carbocycles. The van der Waals surface area contributed by atoms with E-state index in [1.165, 1.54) is 11.8 Å². The normalized spacial score (nSPS) is 10.8. The molecule has 4 aromatic rings. The van der Waals surface area contributed by atoms with Crippen LogP contribution in [-0.4, -0.2) is 28.2 Å². The van der Waals surface area contributed by atoms with Gasteiger partial charge in [0, 0.05) is 34.7 Å². The first-order valence-electron chi connectivity index (χ1n) is 9.97. The number of amides is 1. The van der Waals surface area contributed by atoms with Crippen LogP contribution in [0.1, 0.15) is 28.6 Å². The summed E-state index contributed by atoms with van der Waals surface area (Å²) in [6.45, 7) is 4.04. The Bertz CT molecular complexity index is 1230. The smallest absolute Gasteiger partial charge is 0.226 e. The van der Waals surface area contributed by atoms with Crippen LogP contribution in [0, 0.1) is 6.92 Å². The third kappa shape index (κ3) is 4.62. The second-order valence-corrected chi connectivity index (χ2v) is 8.36. The van der Waals surface area contributed by atoms with Gasteiger partial charge in [0.2, 0.25) is 5.91 Å². The summed E-state index contributed by atoms with van der Waals surface area (Å²) in [5.41, 5.74) is 3.53. The molecular weight excluding hydrogens is 408 g/mol. The van der Waals surface area contributed by atoms with E-state index < -0.39 is 0 Å². The maximum absolute atomic E-state index is 12.3. The molecule has 0 aliphatic rings. The predicted molar refractivity (Wildman–Crippen MR) is 126 cm³/mol. The highest BCUT2D eigenvalue weighted by molar-refractivity contribution is 7.19. The van der Waals surface area contributed by atoms with Crippen molar-refractivity contribution in [2.45, 2.75) is 20.3 Å². The molecule has 4 rings (SSSR count). The number of hydrogen-bond acceptors (Lipinski definition) is 6. The van der Waals surface area contributed by atoms with E-state index in [0.717, 1.165) is 27.2 Å². The third-order valence-corrected chi connectivity index (χ3v) is 5.96. The summed E-state index contributed by atoms with van der Waals surface area (Å²) in [4.78, 5) is 34.7. The van der Waals surface area contributed by atoms with E-state index in [1.807, 2.05) is 18.2 Å². The predicted octanol–water partition coefficient (Wildman–Crippen LogP) is 5.31. The Labute approximate surface area is 184 Å². The van der Waals surface area contributed by atoms with Gasteiger partial charge in [-0.3, -0.25) is 9.59 Å². The van der Waals surface area contributed by atoms with Crippen LogP contribution in [0.2, 0.25) is 0 Å². The number of benzene rings is 2. The first-order valence-corrected chi connectivity index (χ1v) is 10.8. The molecule has 0 spiro atoms. The van der Waals surface area contributed by atoms with Crippen LogP contribution in [-0.2, 0) is 4.79 Å². The van der Waals surface area contributed by atoms with Crippen LogP contribution in [0.5, 0.6) is 0 Å². The molecule has 156 valence electrons. The zero-order valence-corrected chi connectivity index (χ0v) is 18.1. The highest BCUT2D eigenvalue weighted by Crippen LogP contribution is 2.40. The number of ketones is 1. The molecular formula is C24H22N4O2S. The van der Waals surface area contributed by atoms with Crippen molar-refractivity contribution in [2.75, 3.05) is 17.2 Å². The monoisotopic (exact) mass is 430 g/mol. The van der Waals surface area contributed by atoms with Crippen molar-refractivity contribution in [3.05, 3.63) is 71.4 Å². The van der Waals surface area contributed by atoms with Crippen molar-refractivity contribution in [3.63, 3.8) is 0 Å². The Morgan fingerprint density at radius 3 is 2.45 bits per heavy atom. The van der Waals surface area contributed by atoms with Crippen LogP contribution >= 0.6 is 11.3 Å². The van der Waals surface area contributed by atoms with Crippen molar-refractivity contribution in [2.24, 2.45) is 0 Å². The molecule has 0 atom stereocenters. The average molecular weight is 431 g/mol. The van der Waals surface area contributed by atoms with Crippen LogP contribution in [0.25, 0.3) is 21.3 Å². The number of carbonyl (C=O) groups is 2. The van der Waals surface area contributed by atoms with Gasteiger partial charge in [-0.25, -0.2) is 9.97 Å². The largest absolute Gasteiger partial charge is 0.369 e. The van der Waals surface area contributed by atoms with E-state index in [9.17, 15) is 9.59 Å². The van der Waals surface area contributed by atoms with Gasteiger partial charge in [-0.15, -0.1) is 11.3 Å². The first-order chi connectivity index (χ1) is 15.0. The first kappa shape index (κ1) is 20.7. The van der Waals surface area contributed by atoms with Gasteiger partial charge in [-0.1, -0.05) is 30.3 Å². The Balaban J connectivity index is 1.46. The number of rotatable bonds is 7. The average Bonchev–Trinajstić information content (AvgIpc) is 3.11. The Morgan fingerprint density at radius 2 is 1.74 bits per heavy atom. The molecule has 2 N–H and O–H groups in total. The third-order valence-electron chi connectivity index (χ3n) is 4.95. The van der Waals surface area contributed by atoms with Crippen molar-refractivity contribution < 1.29 is 9.59 Å². The summed E-state index contributed by atoms with van der Waals surface area (Å²) < 4.78 is 0. The van der Waals surface area contributed by atoms with Crippen molar-refractivity contribution in [1.29, 1.82) is 0 Å². The highest BCUT2D eigenvalue weighted by Gasteiger charge is 2.16. The van der Waals surface area contributed by atoms with Gasteiger partial charge in [0.15, 0.2) is 5.78 Å². The minimum atomic E-state index is -0.113. The quantitative estimate of drug-likeness (QED) is 0.388. The molecule has 0 saturated carbocycles. The molecule has 2 heterocycles. The minimum absolute atomic E-state index is 0.00298. The number of anilines is 2. The van der Waals surface area contributed by atoms with Gasteiger partial charge >= 0.3 is 0 Å². The molecule has 31 heavy (non-hydrogen) atoms. The Kier molecular flexibility index (Phi) is 6.04. The van der Waals surface area contributed by atoms with E-state index in [4.69, 9.17) is 0 Å². The lowest BCUT2D eigenvalue weighted by Crippen LogP contribution is -2.16. The maximum atomic E-state index is 12.3. The van der Waals surface area contributed by atoms with Crippen LogP contribution in [0.15, 0.2) is 60.9 Å². The van der Waals surface area contributed by atoms with Crippen LogP contribution < -0.4 is 10.6 Å². The van der Waals surface area contributed by atoms with Crippen molar-refractivity contribution in [1.82, 2.24) is 9.97 Å². The summed E-state index contributed by atoms with van der Waals surface area (Å²) in [6, 6.07) is 17.1. The van der Waals surface area contributed by atoms with E-state index in [0.29, 0.717) is 17.8 Å². The minimum Gasteiger partial charge on any atom is -0.369 e. The van der Waals surface area contributed by atoms with Gasteiger partial charge in [0.05, 0.1) is 5.39 Å². The fraction of sp³-hybridized carbons (Fsp3) is 0.167. The number of hydrogen-bond donors (Lipinski definition) is 2. The summed E-state index contributed by atoms with van der Waals surface area (Å²) in [7, 11) is 0. The molecule has 0 unspecified atom stereocenters. The number of nitrogens with zero attached hydrogens (tertiary/aromatic N) is 2. The molecule has 1 amide bonds. The number of Topliss-reactive ketones (excluding diaryl/α,β-unsaturated/α-hetero) is 1. The molecule has 0 aliphatic carbocycles. The van der Waals surface area contributed by atoms with Gasteiger partial charge < -0.3 is 10.6 Å². The number of fused-ring (bicyclic) bond motifs is 1. The van der Waals surface area contributed by atoms with Crippen LogP contribution in [0.3, 0.4) is 0 Å². The number of aryl methyl sites for hydroxylation is 1. The summed E-state index contributed by atoms with van der Waals surface area (Å²) in [6.07, 6.45) is 1.83. The molecule has 0 fully saturated rings. The summed E-state index contributed by atoms with van der Waals surface area (Å²) in [5.74, 6) is 0.613. The van der Waals surface area contributed by atoms with Crippen molar-refractivity contribution >= 4 is 44.7 Å². The molecule has 0 radical (unpaired) electrons. The number of thiophene rings is 1. The molecule has 0 saturated heterocycles. The van der Waals surface area contributed by atoms with E-state index in [-0.39, 0.29) is 18.1 Å². The van der Waals surface area contributed by atoms with Gasteiger partial charge in [-0.2, -0.15) is 0 Å². The highest BCUT2D eigenvalue weighted by atomic mass is 32.1. The lowest BCUT2D eigenvalue weighted by molar-refractivity contribution is -0.115. The molecule has 6 nitrogen and oxygen atoms in total. The SMILES string of the molecule is CC(=O)c1ccc(NC(=O)CCNc2ncnc3sc(C)c(-c4ccccc4)c23)cc1. The second kappa shape index (κ2) is 9.06. The molecule has 7 heteroatoms. The molecule has 2 aromatic heterocycles. The fourth-order valence-electron chi connectivity index (χ4n) is 3.44. The Morgan fingerprint density at radius 1 is 1.00 bits per heavy atom. The standard InChI is InChI=1S/C24H22N4O2S/c1-15(29)17-8-10-19(11-9-17)28-20(30)12-13-25-23-22-21(18-6-4-3-5-7-18)16(2)31-24(22)27-14-26-23/h3-11,14H,12-13H2,1-2H3,(H,28,30)(H,25,26,27). The zero-order chi connectivity index (χ0) is 21.8. The van der Waals surface area contributed by atoms with Gasteiger partial charge in [0.1, 0.15) is 17.0 Å². The Hall–Kier alpha value is -3.58. The van der Waals surface area contributed by atoms with E-state index >= 15 is 0 Å². The molecule has 0 aliphatic heterocycles. The lowest BCUT2D eigenvalue weighted by atomic mass is 10.0. The van der Waals surface area contributed by atoms with E-state index in [1.54, 1.807) is 41.9 Å². The molecule has 0 bridgehead atoms. The number of nitrogens with one attached hydrogen (secondary N) is 2. The fourth-order valence-corrected chi connectivity index (χ4v) is 4.45. The van der Waals surface area contributed by atoms with Gasteiger partial charge in [0.25, 0.3) is 0 Å². The van der Waals surface area contributed by atoms with Crippen LogP contribution in [0.4, 0.5) is 11.5 Å². The zero-order valence-electron chi connectivity index (χ0n) is 17.3. The summed E-state index contributed by atoms with van der Waals surface area (Å²) >= 11 is 1.64. The summed E-state index contributed by atoms with van der Waals surface area (Å²) in [5, 5.41) is 7.14. The number of carbonyl (C=O) groups excluding carboxylic acids is 2. The second-order valence-electron chi connectivity index (χ2n) is 7.16. The van der Waals surface area contributed by atoms with Gasteiger partial charge in [-0.05, 0) is 43.7 Å².